The summed E-state index contributed by atoms with van der Waals surface area (Å²) in [6, 6.07) is 52.4. The Morgan fingerprint density at radius 1 is 0.519 bits per heavy atom. The first-order chi connectivity index (χ1) is 25.5. The zero-order valence-electron chi connectivity index (χ0n) is 27.6. The lowest BCUT2D eigenvalue weighted by molar-refractivity contribution is 0.0926. The van der Waals surface area contributed by atoms with Gasteiger partial charge in [-0.15, -0.1) is 0 Å². The Morgan fingerprint density at radius 2 is 1.08 bits per heavy atom. The summed E-state index contributed by atoms with van der Waals surface area (Å²) in [5.74, 6) is -0.737. The summed E-state index contributed by atoms with van der Waals surface area (Å²) in [7, 11) is 0. The summed E-state index contributed by atoms with van der Waals surface area (Å²) >= 11 is 0. The molecule has 1 aromatic heterocycles. The highest BCUT2D eigenvalue weighted by molar-refractivity contribution is 6.36. The van der Waals surface area contributed by atoms with E-state index in [-0.39, 0.29) is 11.8 Å². The van der Waals surface area contributed by atoms with Crippen LogP contribution in [0.3, 0.4) is 0 Å². The Hall–Kier alpha value is -7.54. The lowest BCUT2D eigenvalue weighted by Crippen LogP contribution is -2.30. The Morgan fingerprint density at radius 3 is 1.71 bits per heavy atom. The zero-order chi connectivity index (χ0) is 35.3. The van der Waals surface area contributed by atoms with E-state index in [0.717, 1.165) is 55.2 Å². The van der Waals surface area contributed by atoms with Crippen LogP contribution in [0.5, 0.6) is 0 Å². The van der Waals surface area contributed by atoms with Crippen molar-refractivity contribution < 1.29 is 9.59 Å². The number of para-hydroxylation sites is 1. The fraction of sp³-hybridized carbons (Fsp3) is 0. The van der Waals surface area contributed by atoms with Gasteiger partial charge in [-0.05, 0) is 82.4 Å². The fourth-order valence-electron chi connectivity index (χ4n) is 7.31. The quantitative estimate of drug-likeness (QED) is 0.136. The largest absolute Gasteiger partial charge is 0.308 e. The van der Waals surface area contributed by atoms with Gasteiger partial charge in [0, 0.05) is 16.3 Å². The van der Waals surface area contributed by atoms with Crippen LogP contribution in [-0.2, 0) is 0 Å². The van der Waals surface area contributed by atoms with Gasteiger partial charge in [-0.1, -0.05) is 103 Å². The van der Waals surface area contributed by atoms with E-state index in [1.807, 2.05) is 127 Å². The minimum Gasteiger partial charge on any atom is -0.308 e. The van der Waals surface area contributed by atoms with Crippen LogP contribution in [0.1, 0.15) is 26.3 Å². The van der Waals surface area contributed by atoms with Crippen LogP contribution in [0.25, 0.3) is 65.7 Å². The second kappa shape index (κ2) is 12.1. The van der Waals surface area contributed by atoms with Gasteiger partial charge < -0.3 is 4.57 Å². The molecule has 2 heterocycles. The number of carbonyl (C=O) groups excluding carboxylic acids is 2. The average molecular weight is 667 g/mol. The van der Waals surface area contributed by atoms with E-state index in [4.69, 9.17) is 6.57 Å². The van der Waals surface area contributed by atoms with Gasteiger partial charge in [0.15, 0.2) is 5.69 Å². The van der Waals surface area contributed by atoms with Crippen molar-refractivity contribution in [2.75, 3.05) is 4.90 Å². The minimum absolute atomic E-state index is 0.351. The Labute approximate surface area is 299 Å². The van der Waals surface area contributed by atoms with Gasteiger partial charge >= 0.3 is 0 Å². The highest BCUT2D eigenvalue weighted by Crippen LogP contribution is 2.42. The van der Waals surface area contributed by atoms with Crippen LogP contribution in [0.4, 0.5) is 11.4 Å². The van der Waals surface area contributed by atoms with Gasteiger partial charge in [-0.25, -0.2) is 9.74 Å². The van der Waals surface area contributed by atoms with Crippen molar-refractivity contribution in [2.45, 2.75) is 0 Å². The normalized spacial score (nSPS) is 12.2. The highest BCUT2D eigenvalue weighted by atomic mass is 16.2. The molecule has 0 spiro atoms. The number of hydrogen-bond acceptors (Lipinski definition) is 3. The number of hydrogen-bond donors (Lipinski definition) is 0. The molecule has 0 radical (unpaired) electrons. The van der Waals surface area contributed by atoms with Crippen molar-refractivity contribution >= 4 is 45.0 Å². The van der Waals surface area contributed by atoms with Crippen LogP contribution in [0, 0.1) is 17.9 Å². The number of nitriles is 1. The third-order valence-electron chi connectivity index (χ3n) is 9.81. The van der Waals surface area contributed by atoms with Crippen molar-refractivity contribution in [2.24, 2.45) is 0 Å². The van der Waals surface area contributed by atoms with Gasteiger partial charge in [0.2, 0.25) is 0 Å². The Kier molecular flexibility index (Phi) is 7.10. The smallest absolute Gasteiger partial charge is 0.268 e. The maximum absolute atomic E-state index is 14.6. The Bertz CT molecular complexity index is 2720. The number of imide groups is 1. The van der Waals surface area contributed by atoms with Gasteiger partial charge in [0.05, 0.1) is 51.7 Å². The number of benzene rings is 7. The number of aromatic nitrogens is 1. The maximum atomic E-state index is 14.6. The van der Waals surface area contributed by atoms with Crippen LogP contribution in [-0.4, -0.2) is 16.4 Å². The summed E-state index contributed by atoms with van der Waals surface area (Å²) in [5.41, 5.74) is 10.4. The van der Waals surface area contributed by atoms with Crippen molar-refractivity contribution in [3.63, 3.8) is 0 Å². The molecule has 0 atom stereocenters. The van der Waals surface area contributed by atoms with Gasteiger partial charge in [0.1, 0.15) is 0 Å². The van der Waals surface area contributed by atoms with E-state index >= 15 is 0 Å². The van der Waals surface area contributed by atoms with Crippen LogP contribution in [0.2, 0.25) is 0 Å². The molecule has 52 heavy (non-hydrogen) atoms. The highest BCUT2D eigenvalue weighted by Gasteiger charge is 2.40. The number of amides is 2. The fourth-order valence-corrected chi connectivity index (χ4v) is 7.31. The van der Waals surface area contributed by atoms with E-state index in [2.05, 4.69) is 39.7 Å². The van der Waals surface area contributed by atoms with Crippen molar-refractivity contribution in [1.29, 1.82) is 5.26 Å². The topological polar surface area (TPSA) is 70.5 Å². The number of fused-ring (bicyclic) bond motifs is 4. The van der Waals surface area contributed by atoms with Gasteiger partial charge in [-0.3, -0.25) is 9.59 Å². The molecule has 9 rings (SSSR count). The first-order valence-electron chi connectivity index (χ1n) is 16.8. The number of rotatable bonds is 5. The first kappa shape index (κ1) is 30.5. The van der Waals surface area contributed by atoms with Crippen molar-refractivity contribution in [1.82, 2.24) is 4.57 Å². The van der Waals surface area contributed by atoms with E-state index < -0.39 is 0 Å². The molecular weight excluding hydrogens is 641 g/mol. The molecule has 0 saturated carbocycles. The van der Waals surface area contributed by atoms with Crippen LogP contribution in [0.15, 0.2) is 158 Å². The molecule has 6 heteroatoms. The van der Waals surface area contributed by atoms with Crippen LogP contribution < -0.4 is 4.90 Å². The summed E-state index contributed by atoms with van der Waals surface area (Å²) in [6.07, 6.45) is 0. The average Bonchev–Trinajstić information content (AvgIpc) is 3.67. The maximum Gasteiger partial charge on any atom is 0.268 e. The predicted molar refractivity (Wildman–Crippen MR) is 206 cm³/mol. The second-order valence-corrected chi connectivity index (χ2v) is 12.7. The van der Waals surface area contributed by atoms with Crippen molar-refractivity contribution in [3.8, 4) is 45.1 Å². The molecule has 0 N–H and O–H groups in total. The number of nitrogens with zero attached hydrogens (tertiary/aromatic N) is 4. The van der Waals surface area contributed by atoms with Gasteiger partial charge in [-0.2, -0.15) is 5.26 Å². The lowest BCUT2D eigenvalue weighted by atomic mass is 9.99. The monoisotopic (exact) mass is 666 g/mol. The lowest BCUT2D eigenvalue weighted by Gasteiger charge is -2.18. The van der Waals surface area contributed by atoms with E-state index in [1.165, 1.54) is 4.90 Å². The molecule has 0 aliphatic carbocycles. The predicted octanol–water partition coefficient (Wildman–Crippen LogP) is 11.0. The molecule has 0 saturated heterocycles. The van der Waals surface area contributed by atoms with Crippen molar-refractivity contribution in [3.05, 3.63) is 186 Å². The molecule has 1 aliphatic heterocycles. The molecular formula is C46H26N4O2. The summed E-state index contributed by atoms with van der Waals surface area (Å²) in [6.45, 7) is 7.36. The van der Waals surface area contributed by atoms with Gasteiger partial charge in [0.25, 0.3) is 11.8 Å². The summed E-state index contributed by atoms with van der Waals surface area (Å²) < 4.78 is 2.08. The Balaban J connectivity index is 1.25. The summed E-state index contributed by atoms with van der Waals surface area (Å²) in [5, 5.41) is 11.3. The molecule has 7 aromatic carbocycles. The second-order valence-electron chi connectivity index (χ2n) is 12.7. The SMILES string of the molecule is [C-]#[N+]c1ccc(-c2ccc3c(c2)c2cc(-c4ccc(C#N)cc4)ccc2n3-c2cccc3c2C(=O)N(c2ccccc2-c2ccccc2)C3=O)cc1. The molecule has 242 valence electrons. The molecule has 0 fully saturated rings. The van der Waals surface area contributed by atoms with E-state index in [1.54, 1.807) is 6.07 Å². The van der Waals surface area contributed by atoms with E-state index in [0.29, 0.717) is 33.8 Å². The third-order valence-corrected chi connectivity index (χ3v) is 9.81. The van der Waals surface area contributed by atoms with Crippen LogP contribution >= 0.6 is 0 Å². The molecule has 2 amide bonds. The molecule has 6 nitrogen and oxygen atoms in total. The number of anilines is 1. The molecule has 1 aliphatic rings. The molecule has 0 bridgehead atoms. The first-order valence-corrected chi connectivity index (χ1v) is 16.8. The minimum atomic E-state index is -0.375. The van der Waals surface area contributed by atoms with E-state index in [9.17, 15) is 14.9 Å². The molecule has 0 unspecified atom stereocenters. The standard InChI is InChI=1S/C46H26N4O2/c1-48-35-22-18-31(19-23-35)34-21-25-42-39(27-34)38-26-33(30-16-14-29(28-47)15-17-30)20-24-41(38)49(42)43-13-7-11-37-44(43)46(52)50(45(37)51)40-12-6-5-10-36(40)32-8-3-2-4-9-32/h2-27H. The third kappa shape index (κ3) is 4.79. The molecule has 8 aromatic rings. The zero-order valence-corrected chi connectivity index (χ0v) is 27.6. The summed E-state index contributed by atoms with van der Waals surface area (Å²) in [4.78, 5) is 33.6. The number of carbonyl (C=O) groups is 2.